The lowest BCUT2D eigenvalue weighted by Gasteiger charge is -2.17. The topological polar surface area (TPSA) is 85.0 Å². The van der Waals surface area contributed by atoms with Crippen LogP contribution in [0.25, 0.3) is 0 Å². The van der Waals surface area contributed by atoms with Crippen LogP contribution in [-0.2, 0) is 22.0 Å². The molecule has 0 N–H and O–H groups in total. The van der Waals surface area contributed by atoms with E-state index in [1.54, 1.807) is 12.1 Å². The molecule has 0 amide bonds. The first-order valence-corrected chi connectivity index (χ1v) is 7.68. The van der Waals surface area contributed by atoms with Gasteiger partial charge in [0.25, 0.3) is 0 Å². The molecule has 0 heterocycles. The second-order valence-electron chi connectivity index (χ2n) is 4.12. The van der Waals surface area contributed by atoms with E-state index in [2.05, 4.69) is 0 Å². The largest absolute Gasteiger partial charge is 0.417 e. The molecule has 0 saturated heterocycles. The highest BCUT2D eigenvalue weighted by molar-refractivity contribution is 7.88. The molecule has 1 aromatic rings. The van der Waals surface area contributed by atoms with E-state index in [0.717, 1.165) is 18.2 Å². The molecule has 1 rings (SSSR count). The maximum atomic E-state index is 12.7. The highest BCUT2D eigenvalue weighted by Crippen LogP contribution is 2.36. The summed E-state index contributed by atoms with van der Waals surface area (Å²) in [6.45, 7) is -1.15. The molecule has 0 spiro atoms. The van der Waals surface area contributed by atoms with Crippen molar-refractivity contribution in [2.24, 2.45) is 0 Å². The summed E-state index contributed by atoms with van der Waals surface area (Å²) in [6.07, 6.45) is -4.71. The number of halogens is 4. The Labute approximate surface area is 130 Å². The first-order valence-electron chi connectivity index (χ1n) is 5.69. The van der Waals surface area contributed by atoms with Gasteiger partial charge in [0.1, 0.15) is 13.1 Å². The smallest absolute Gasteiger partial charge is 0.212 e. The standard InChI is InChI=1S/C12H9ClF3N3O2S/c13-11-9(2-1-3-10(11)12(14,15)16)8-22(20,21)19(6-4-17)7-5-18/h1-3H,6-8H2. The molecule has 0 aliphatic rings. The fourth-order valence-corrected chi connectivity index (χ4v) is 3.31. The molecule has 0 aliphatic heterocycles. The molecule has 0 saturated carbocycles. The zero-order chi connectivity index (χ0) is 17.0. The predicted octanol–water partition coefficient (Wildman–Crippen LogP) is 2.54. The minimum atomic E-state index is -4.71. The van der Waals surface area contributed by atoms with Gasteiger partial charge in [0, 0.05) is 0 Å². The molecule has 10 heteroatoms. The van der Waals surface area contributed by atoms with Crippen LogP contribution < -0.4 is 0 Å². The monoisotopic (exact) mass is 351 g/mol. The summed E-state index contributed by atoms with van der Waals surface area (Å²) >= 11 is 5.63. The van der Waals surface area contributed by atoms with Gasteiger partial charge in [-0.3, -0.25) is 0 Å². The van der Waals surface area contributed by atoms with E-state index in [1.807, 2.05) is 0 Å². The van der Waals surface area contributed by atoms with Gasteiger partial charge in [0.05, 0.1) is 28.5 Å². The third-order valence-electron chi connectivity index (χ3n) is 2.61. The van der Waals surface area contributed by atoms with Crippen LogP contribution in [0.1, 0.15) is 11.1 Å². The van der Waals surface area contributed by atoms with Crippen molar-refractivity contribution in [1.29, 1.82) is 10.5 Å². The molecule has 22 heavy (non-hydrogen) atoms. The van der Waals surface area contributed by atoms with Crippen LogP contribution in [0, 0.1) is 22.7 Å². The molecule has 0 aliphatic carbocycles. The van der Waals surface area contributed by atoms with Crippen molar-refractivity contribution in [3.63, 3.8) is 0 Å². The number of hydrogen-bond donors (Lipinski definition) is 0. The second kappa shape index (κ2) is 6.97. The maximum Gasteiger partial charge on any atom is 0.417 e. The Morgan fingerprint density at radius 2 is 1.73 bits per heavy atom. The minimum Gasteiger partial charge on any atom is -0.212 e. The summed E-state index contributed by atoms with van der Waals surface area (Å²) in [7, 11) is -4.15. The van der Waals surface area contributed by atoms with Crippen molar-refractivity contribution in [2.75, 3.05) is 13.1 Å². The quantitative estimate of drug-likeness (QED) is 0.763. The van der Waals surface area contributed by atoms with E-state index in [-0.39, 0.29) is 5.56 Å². The van der Waals surface area contributed by atoms with E-state index in [0.29, 0.717) is 4.31 Å². The number of benzene rings is 1. The number of sulfonamides is 1. The van der Waals surface area contributed by atoms with Gasteiger partial charge < -0.3 is 0 Å². The third-order valence-corrected chi connectivity index (χ3v) is 4.78. The molecule has 0 unspecified atom stereocenters. The van der Waals surface area contributed by atoms with Crippen molar-refractivity contribution in [1.82, 2.24) is 4.31 Å². The average molecular weight is 352 g/mol. The molecule has 5 nitrogen and oxygen atoms in total. The Morgan fingerprint density at radius 3 is 2.18 bits per heavy atom. The fraction of sp³-hybridized carbons (Fsp3) is 0.333. The highest BCUT2D eigenvalue weighted by Gasteiger charge is 2.34. The van der Waals surface area contributed by atoms with Crippen molar-refractivity contribution < 1.29 is 21.6 Å². The lowest BCUT2D eigenvalue weighted by molar-refractivity contribution is -0.137. The Balaban J connectivity index is 3.20. The van der Waals surface area contributed by atoms with Gasteiger partial charge in [-0.2, -0.15) is 28.0 Å². The molecule has 118 valence electrons. The number of alkyl halides is 3. The highest BCUT2D eigenvalue weighted by atomic mass is 35.5. The first-order chi connectivity index (χ1) is 10.1. The number of nitrogens with zero attached hydrogens (tertiary/aromatic N) is 3. The van der Waals surface area contributed by atoms with Gasteiger partial charge in [-0.15, -0.1) is 0 Å². The Bertz CT molecular complexity index is 719. The van der Waals surface area contributed by atoms with E-state index in [1.165, 1.54) is 0 Å². The zero-order valence-electron chi connectivity index (χ0n) is 10.9. The Morgan fingerprint density at radius 1 is 1.18 bits per heavy atom. The van der Waals surface area contributed by atoms with Gasteiger partial charge in [0.15, 0.2) is 0 Å². The molecular formula is C12H9ClF3N3O2S. The van der Waals surface area contributed by atoms with Crippen LogP contribution in [0.2, 0.25) is 5.02 Å². The maximum absolute atomic E-state index is 12.7. The van der Waals surface area contributed by atoms with Gasteiger partial charge in [-0.25, -0.2) is 8.42 Å². The van der Waals surface area contributed by atoms with Crippen LogP contribution in [0.15, 0.2) is 18.2 Å². The van der Waals surface area contributed by atoms with Crippen LogP contribution in [0.4, 0.5) is 13.2 Å². The molecule has 0 atom stereocenters. The van der Waals surface area contributed by atoms with E-state index in [4.69, 9.17) is 22.1 Å². The Hall–Kier alpha value is -1.81. The van der Waals surface area contributed by atoms with Crippen molar-refractivity contribution >= 4 is 21.6 Å². The summed E-state index contributed by atoms with van der Waals surface area (Å²) < 4.78 is 62.9. The Kier molecular flexibility index (Phi) is 5.78. The normalized spacial score (nSPS) is 12.0. The van der Waals surface area contributed by atoms with Crippen LogP contribution in [0.3, 0.4) is 0 Å². The molecular weight excluding hydrogens is 343 g/mol. The summed E-state index contributed by atoms with van der Waals surface area (Å²) in [5.74, 6) is -0.834. The van der Waals surface area contributed by atoms with Gasteiger partial charge >= 0.3 is 6.18 Å². The van der Waals surface area contributed by atoms with Crippen molar-refractivity contribution in [2.45, 2.75) is 11.9 Å². The summed E-state index contributed by atoms with van der Waals surface area (Å²) in [5, 5.41) is 16.4. The molecule has 1 aromatic carbocycles. The van der Waals surface area contributed by atoms with E-state index in [9.17, 15) is 21.6 Å². The predicted molar refractivity (Wildman–Crippen MR) is 71.9 cm³/mol. The van der Waals surface area contributed by atoms with E-state index < -0.39 is 45.6 Å². The van der Waals surface area contributed by atoms with E-state index >= 15 is 0 Å². The third kappa shape index (κ3) is 4.34. The lowest BCUT2D eigenvalue weighted by Crippen LogP contribution is -2.33. The zero-order valence-corrected chi connectivity index (χ0v) is 12.5. The van der Waals surface area contributed by atoms with Gasteiger partial charge in [-0.1, -0.05) is 23.7 Å². The average Bonchev–Trinajstić information content (AvgIpc) is 2.39. The summed E-state index contributed by atoms with van der Waals surface area (Å²) in [6, 6.07) is 6.08. The molecule has 0 bridgehead atoms. The second-order valence-corrected chi connectivity index (χ2v) is 6.46. The SMILES string of the molecule is N#CCN(CC#N)S(=O)(=O)Cc1cccc(C(F)(F)F)c1Cl. The minimum absolute atomic E-state index is 0.252. The first kappa shape index (κ1) is 18.2. The summed E-state index contributed by atoms with van der Waals surface area (Å²) in [4.78, 5) is 0. The molecule has 0 radical (unpaired) electrons. The van der Waals surface area contributed by atoms with Crippen molar-refractivity contribution in [3.8, 4) is 12.1 Å². The number of hydrogen-bond acceptors (Lipinski definition) is 4. The van der Waals surface area contributed by atoms with Crippen molar-refractivity contribution in [3.05, 3.63) is 34.3 Å². The fourth-order valence-electron chi connectivity index (χ4n) is 1.61. The van der Waals surface area contributed by atoms with Crippen LogP contribution in [0.5, 0.6) is 0 Å². The van der Waals surface area contributed by atoms with Gasteiger partial charge in [0.2, 0.25) is 10.0 Å². The van der Waals surface area contributed by atoms with Crippen LogP contribution >= 0.6 is 11.6 Å². The summed E-state index contributed by atoms with van der Waals surface area (Å²) in [5.41, 5.74) is -1.40. The number of rotatable bonds is 5. The number of nitriles is 2. The lowest BCUT2D eigenvalue weighted by atomic mass is 10.1. The van der Waals surface area contributed by atoms with Crippen LogP contribution in [-0.4, -0.2) is 25.8 Å². The molecule has 0 aromatic heterocycles. The van der Waals surface area contributed by atoms with Gasteiger partial charge in [-0.05, 0) is 11.6 Å². The molecule has 0 fully saturated rings.